The van der Waals surface area contributed by atoms with E-state index in [9.17, 15) is 31.7 Å². The Morgan fingerprint density at radius 1 is 1.29 bits per heavy atom. The van der Waals surface area contributed by atoms with Gasteiger partial charge < -0.3 is 0 Å². The van der Waals surface area contributed by atoms with E-state index in [1.165, 1.54) is 13.0 Å². The van der Waals surface area contributed by atoms with Gasteiger partial charge in [0.15, 0.2) is 0 Å². The van der Waals surface area contributed by atoms with Gasteiger partial charge in [0.2, 0.25) is 14.9 Å². The summed E-state index contributed by atoms with van der Waals surface area (Å²) >= 11 is 0. The van der Waals surface area contributed by atoms with Crippen molar-refractivity contribution >= 4 is 15.5 Å². The van der Waals surface area contributed by atoms with E-state index >= 15 is 0 Å². The molecule has 1 aromatic rings. The molecule has 10 heteroatoms. The fourth-order valence-electron chi connectivity index (χ4n) is 1.61. The van der Waals surface area contributed by atoms with Gasteiger partial charge in [0.25, 0.3) is 0 Å². The number of aryl methyl sites for hydroxylation is 1. The lowest BCUT2D eigenvalue weighted by Gasteiger charge is -2.07. The Labute approximate surface area is 119 Å². The van der Waals surface area contributed by atoms with Crippen molar-refractivity contribution in [3.8, 4) is 0 Å². The Balaban J connectivity index is 2.88. The van der Waals surface area contributed by atoms with Gasteiger partial charge >= 0.3 is 11.9 Å². The molecule has 0 saturated carbocycles. The van der Waals surface area contributed by atoms with Crippen molar-refractivity contribution in [3.63, 3.8) is 0 Å². The molecule has 0 radical (unpaired) electrons. The molecule has 1 aromatic heterocycles. The van der Waals surface area contributed by atoms with E-state index in [1.807, 2.05) is 0 Å². The zero-order valence-corrected chi connectivity index (χ0v) is 11.9. The molecule has 0 amide bonds. The molecule has 0 N–H and O–H groups in total. The van der Waals surface area contributed by atoms with Crippen LogP contribution in [0.1, 0.15) is 25.0 Å². The first kappa shape index (κ1) is 17.3. The molecular weight excluding hydrogens is 313 g/mol. The van der Waals surface area contributed by atoms with E-state index in [2.05, 4.69) is 4.98 Å². The average Bonchev–Trinajstić information content (AvgIpc) is 2.33. The monoisotopic (exact) mass is 326 g/mol. The number of aromatic nitrogens is 1. The molecule has 0 bridgehead atoms. The molecule has 118 valence electrons. The summed E-state index contributed by atoms with van der Waals surface area (Å²) < 4.78 is 59.9. The van der Waals surface area contributed by atoms with E-state index in [0.717, 1.165) is 6.07 Å². The predicted octanol–water partition coefficient (Wildman–Crippen LogP) is 2.80. The van der Waals surface area contributed by atoms with Gasteiger partial charge in [-0.25, -0.2) is 13.4 Å². The molecule has 0 unspecified atom stereocenters. The maximum Gasteiger partial charge on any atom is 0.389 e. The number of halogens is 3. The zero-order chi connectivity index (χ0) is 16.3. The van der Waals surface area contributed by atoms with Crippen LogP contribution in [-0.2, 0) is 9.84 Å². The van der Waals surface area contributed by atoms with Gasteiger partial charge in [-0.05, 0) is 25.8 Å². The highest BCUT2D eigenvalue weighted by molar-refractivity contribution is 7.91. The maximum absolute atomic E-state index is 12.0. The Morgan fingerprint density at radius 2 is 1.90 bits per heavy atom. The topological polar surface area (TPSA) is 90.2 Å². The molecule has 0 atom stereocenters. The molecule has 0 aromatic carbocycles. The highest BCUT2D eigenvalue weighted by Gasteiger charge is 2.29. The molecule has 1 heterocycles. The number of sulfone groups is 1. The minimum atomic E-state index is -4.35. The zero-order valence-electron chi connectivity index (χ0n) is 11.1. The third-order valence-electron chi connectivity index (χ3n) is 2.59. The van der Waals surface area contributed by atoms with E-state index in [4.69, 9.17) is 0 Å². The van der Waals surface area contributed by atoms with Crippen LogP contribution in [-0.4, -0.2) is 30.3 Å². The number of hydrogen-bond acceptors (Lipinski definition) is 5. The summed E-state index contributed by atoms with van der Waals surface area (Å²) in [5, 5.41) is 10.1. The van der Waals surface area contributed by atoms with Gasteiger partial charge in [-0.1, -0.05) is 0 Å². The third kappa shape index (κ3) is 5.29. The molecular formula is C11H13F3N2O4S. The summed E-state index contributed by atoms with van der Waals surface area (Å²) in [6, 6.07) is 2.31. The van der Waals surface area contributed by atoms with Crippen LogP contribution in [0.5, 0.6) is 0 Å². The van der Waals surface area contributed by atoms with Crippen LogP contribution in [0, 0.1) is 17.0 Å². The summed E-state index contributed by atoms with van der Waals surface area (Å²) in [6.07, 6.45) is -6.04. The van der Waals surface area contributed by atoms with Crippen LogP contribution in [0.25, 0.3) is 0 Å². The second kappa shape index (κ2) is 6.37. The van der Waals surface area contributed by atoms with Crippen LogP contribution in [0.15, 0.2) is 17.2 Å². The lowest BCUT2D eigenvalue weighted by molar-refractivity contribution is -0.388. The Kier molecular flexibility index (Phi) is 5.26. The van der Waals surface area contributed by atoms with Crippen molar-refractivity contribution in [2.75, 3.05) is 5.75 Å². The fourth-order valence-corrected chi connectivity index (χ4v) is 3.13. The highest BCUT2D eigenvalue weighted by Crippen LogP contribution is 2.25. The lowest BCUT2D eigenvalue weighted by atomic mass is 10.2. The average molecular weight is 326 g/mol. The molecule has 0 fully saturated rings. The van der Waals surface area contributed by atoms with Crippen LogP contribution in [0.4, 0.5) is 18.9 Å². The molecule has 1 rings (SSSR count). The number of nitrogens with zero attached hydrogens (tertiary/aromatic N) is 2. The molecule has 6 nitrogen and oxygen atoms in total. The van der Waals surface area contributed by atoms with Crippen LogP contribution >= 0.6 is 0 Å². The number of rotatable bonds is 6. The summed E-state index contributed by atoms with van der Waals surface area (Å²) in [6.45, 7) is 1.46. The Bertz CT molecular complexity index is 629. The standard InChI is InChI=1S/C11H13F3N2O4S/c1-8-4-5-9(16(17)18)10(15-8)21(19,20)7-3-2-6-11(12,13)14/h4-5H,2-3,6-7H2,1H3. The van der Waals surface area contributed by atoms with Crippen molar-refractivity contribution < 1.29 is 26.5 Å². The summed E-state index contributed by atoms with van der Waals surface area (Å²) in [5.74, 6) is -0.611. The molecule has 0 saturated heterocycles. The molecule has 0 spiro atoms. The van der Waals surface area contributed by atoms with Gasteiger partial charge in [0.1, 0.15) is 0 Å². The smallest absolute Gasteiger partial charge is 0.258 e. The van der Waals surface area contributed by atoms with E-state index in [0.29, 0.717) is 0 Å². The van der Waals surface area contributed by atoms with Crippen LogP contribution < -0.4 is 0 Å². The van der Waals surface area contributed by atoms with E-state index in [-0.39, 0.29) is 18.5 Å². The first-order valence-corrected chi connectivity index (χ1v) is 7.60. The SMILES string of the molecule is Cc1ccc([N+](=O)[O-])c(S(=O)(=O)CCCCC(F)(F)F)n1. The molecule has 0 aliphatic rings. The second-order valence-electron chi connectivity index (χ2n) is 4.43. The van der Waals surface area contributed by atoms with Crippen molar-refractivity contribution in [1.29, 1.82) is 0 Å². The number of alkyl halides is 3. The van der Waals surface area contributed by atoms with Gasteiger partial charge in [-0.3, -0.25) is 10.1 Å². The predicted molar refractivity (Wildman–Crippen MR) is 67.6 cm³/mol. The normalized spacial score (nSPS) is 12.4. The van der Waals surface area contributed by atoms with Gasteiger partial charge in [0, 0.05) is 18.2 Å². The lowest BCUT2D eigenvalue weighted by Crippen LogP contribution is -2.13. The van der Waals surface area contributed by atoms with E-state index < -0.39 is 43.8 Å². The minimum Gasteiger partial charge on any atom is -0.258 e. The maximum atomic E-state index is 12.0. The fraction of sp³-hybridized carbons (Fsp3) is 0.545. The Hall–Kier alpha value is -1.71. The first-order valence-electron chi connectivity index (χ1n) is 5.94. The summed E-state index contributed by atoms with van der Waals surface area (Å²) in [4.78, 5) is 13.6. The highest BCUT2D eigenvalue weighted by atomic mass is 32.2. The second-order valence-corrected chi connectivity index (χ2v) is 6.45. The largest absolute Gasteiger partial charge is 0.389 e. The number of pyridine rings is 1. The summed E-state index contributed by atoms with van der Waals surface area (Å²) in [7, 11) is -4.10. The van der Waals surface area contributed by atoms with Crippen molar-refractivity contribution in [2.24, 2.45) is 0 Å². The summed E-state index contributed by atoms with van der Waals surface area (Å²) in [5.41, 5.74) is -0.397. The number of nitro groups is 1. The van der Waals surface area contributed by atoms with Gasteiger partial charge in [-0.15, -0.1) is 0 Å². The van der Waals surface area contributed by atoms with Crippen molar-refractivity contribution in [3.05, 3.63) is 27.9 Å². The number of hydrogen-bond donors (Lipinski definition) is 0. The van der Waals surface area contributed by atoms with Crippen LogP contribution in [0.3, 0.4) is 0 Å². The first-order chi connectivity index (χ1) is 9.53. The van der Waals surface area contributed by atoms with Gasteiger partial charge in [-0.2, -0.15) is 13.2 Å². The Morgan fingerprint density at radius 3 is 2.43 bits per heavy atom. The number of unbranched alkanes of at least 4 members (excludes halogenated alkanes) is 1. The van der Waals surface area contributed by atoms with Crippen molar-refractivity contribution in [2.45, 2.75) is 37.4 Å². The molecule has 0 aliphatic heterocycles. The minimum absolute atomic E-state index is 0.241. The third-order valence-corrected chi connectivity index (χ3v) is 4.31. The van der Waals surface area contributed by atoms with Crippen LogP contribution in [0.2, 0.25) is 0 Å². The molecule has 21 heavy (non-hydrogen) atoms. The molecule has 0 aliphatic carbocycles. The quantitative estimate of drug-likeness (QED) is 0.455. The van der Waals surface area contributed by atoms with Gasteiger partial charge in [0.05, 0.1) is 10.7 Å². The van der Waals surface area contributed by atoms with E-state index in [1.54, 1.807) is 0 Å². The van der Waals surface area contributed by atoms with Crippen molar-refractivity contribution in [1.82, 2.24) is 4.98 Å².